The van der Waals surface area contributed by atoms with E-state index in [0.717, 1.165) is 27.3 Å². The number of benzene rings is 2. The number of para-hydroxylation sites is 2. The summed E-state index contributed by atoms with van der Waals surface area (Å²) < 4.78 is 16.4. The van der Waals surface area contributed by atoms with Gasteiger partial charge in [-0.25, -0.2) is 0 Å². The van der Waals surface area contributed by atoms with Gasteiger partial charge in [0.05, 0.1) is 10.3 Å². The zero-order chi connectivity index (χ0) is 11.9. The van der Waals surface area contributed by atoms with Gasteiger partial charge in [-0.1, -0.05) is 22.7 Å². The van der Waals surface area contributed by atoms with Crippen LogP contribution in [0.4, 0.5) is 0 Å². The molecule has 0 unspecified atom stereocenters. The van der Waals surface area contributed by atoms with E-state index >= 15 is 0 Å². The van der Waals surface area contributed by atoms with Gasteiger partial charge in [0.2, 0.25) is 0 Å². The van der Waals surface area contributed by atoms with Crippen LogP contribution >= 0.6 is 11.5 Å². The highest BCUT2D eigenvalue weighted by molar-refractivity contribution is 7.12. The molecule has 2 aromatic carbocycles. The summed E-state index contributed by atoms with van der Waals surface area (Å²) >= 11 is 1.36. The molecule has 5 heteroatoms. The summed E-state index contributed by atoms with van der Waals surface area (Å²) in [6, 6.07) is 13.4. The molecule has 1 aliphatic rings. The molecule has 18 heavy (non-hydrogen) atoms. The Balaban J connectivity index is 1.80. The molecule has 3 aromatic rings. The first-order valence-electron chi connectivity index (χ1n) is 5.45. The number of rotatable bonds is 1. The number of hydrogen-bond donors (Lipinski definition) is 0. The van der Waals surface area contributed by atoms with E-state index in [0.29, 0.717) is 6.29 Å². The maximum atomic E-state index is 5.70. The zero-order valence-corrected chi connectivity index (χ0v) is 9.98. The molecule has 0 amide bonds. The molecule has 1 radical (unpaired) electrons. The molecule has 0 N–H and O–H groups in total. The number of fused-ring (bicyclic) bond motifs is 2. The van der Waals surface area contributed by atoms with Crippen molar-refractivity contribution in [2.75, 3.05) is 0 Å². The Labute approximate surface area is 107 Å². The normalized spacial score (nSPS) is 14.2. The van der Waals surface area contributed by atoms with Crippen molar-refractivity contribution in [2.24, 2.45) is 0 Å². The summed E-state index contributed by atoms with van der Waals surface area (Å²) in [7, 11) is 0. The summed E-state index contributed by atoms with van der Waals surface area (Å²) in [6.45, 7) is 0. The van der Waals surface area contributed by atoms with E-state index in [9.17, 15) is 0 Å². The van der Waals surface area contributed by atoms with Gasteiger partial charge in [0.15, 0.2) is 11.5 Å². The maximum Gasteiger partial charge on any atom is 0.365 e. The fraction of sp³-hybridized carbons (Fsp3) is 0. The molecule has 1 aliphatic heterocycles. The second kappa shape index (κ2) is 3.68. The van der Waals surface area contributed by atoms with Crippen LogP contribution in [0.1, 0.15) is 5.56 Å². The molecule has 0 saturated carbocycles. The van der Waals surface area contributed by atoms with Crippen LogP contribution in [-0.4, -0.2) is 9.59 Å². The fourth-order valence-corrected chi connectivity index (χ4v) is 2.51. The van der Waals surface area contributed by atoms with Crippen molar-refractivity contribution >= 4 is 21.7 Å². The van der Waals surface area contributed by atoms with Crippen molar-refractivity contribution in [3.63, 3.8) is 0 Å². The molecule has 1 aromatic heterocycles. The van der Waals surface area contributed by atoms with Gasteiger partial charge >= 0.3 is 6.29 Å². The van der Waals surface area contributed by atoms with E-state index in [1.54, 1.807) is 0 Å². The van der Waals surface area contributed by atoms with E-state index in [2.05, 4.69) is 9.59 Å². The van der Waals surface area contributed by atoms with Crippen LogP contribution in [0.5, 0.6) is 11.5 Å². The average Bonchev–Trinajstić information content (AvgIpc) is 3.04. The number of aromatic nitrogens is 2. The Bertz CT molecular complexity index is 701. The first-order chi connectivity index (χ1) is 8.92. The summed E-state index contributed by atoms with van der Waals surface area (Å²) in [5, 5.41) is 4.11. The molecule has 0 fully saturated rings. The molecular weight excluding hydrogens is 248 g/mol. The first-order valence-corrected chi connectivity index (χ1v) is 6.22. The third kappa shape index (κ3) is 1.37. The largest absolute Gasteiger partial charge is 0.438 e. The SMILES string of the molecule is c1ccc2c(c1)O[C](c1cccc3snnc13)O2. The Morgan fingerprint density at radius 1 is 0.889 bits per heavy atom. The number of hydrogen-bond acceptors (Lipinski definition) is 5. The average molecular weight is 255 g/mol. The standard InChI is InChI=1S/C13H7N2O2S/c1-2-6-10-9(5-1)16-13(17-10)8-4-3-7-11-12(8)14-15-18-11/h1-7H. The van der Waals surface area contributed by atoms with E-state index < -0.39 is 0 Å². The smallest absolute Gasteiger partial charge is 0.365 e. The lowest BCUT2D eigenvalue weighted by Gasteiger charge is -2.07. The summed E-state index contributed by atoms with van der Waals surface area (Å²) in [6.07, 6.45) is 0.467. The summed E-state index contributed by atoms with van der Waals surface area (Å²) in [5.41, 5.74) is 1.64. The number of ether oxygens (including phenoxy) is 2. The van der Waals surface area contributed by atoms with Crippen LogP contribution < -0.4 is 9.47 Å². The minimum atomic E-state index is 0.467. The van der Waals surface area contributed by atoms with Crippen molar-refractivity contribution in [1.29, 1.82) is 0 Å². The van der Waals surface area contributed by atoms with Crippen LogP contribution in [0.15, 0.2) is 42.5 Å². The molecule has 4 nitrogen and oxygen atoms in total. The monoisotopic (exact) mass is 255 g/mol. The first kappa shape index (κ1) is 9.85. The molecule has 0 spiro atoms. The van der Waals surface area contributed by atoms with Crippen molar-refractivity contribution in [3.8, 4) is 11.5 Å². The molecule has 87 valence electrons. The van der Waals surface area contributed by atoms with Gasteiger partial charge in [0.1, 0.15) is 5.52 Å². The molecule has 0 saturated heterocycles. The molecule has 2 heterocycles. The Morgan fingerprint density at radius 3 is 2.44 bits per heavy atom. The van der Waals surface area contributed by atoms with Gasteiger partial charge in [-0.05, 0) is 35.8 Å². The highest BCUT2D eigenvalue weighted by Crippen LogP contribution is 2.40. The van der Waals surface area contributed by atoms with Gasteiger partial charge in [-0.3, -0.25) is 0 Å². The van der Waals surface area contributed by atoms with Crippen LogP contribution in [-0.2, 0) is 0 Å². The van der Waals surface area contributed by atoms with Gasteiger partial charge < -0.3 is 9.47 Å². The van der Waals surface area contributed by atoms with Crippen LogP contribution in [0, 0.1) is 6.29 Å². The van der Waals surface area contributed by atoms with E-state index in [1.807, 2.05) is 42.5 Å². The molecule has 4 rings (SSSR count). The minimum absolute atomic E-state index is 0.467. The zero-order valence-electron chi connectivity index (χ0n) is 9.16. The topological polar surface area (TPSA) is 44.2 Å². The van der Waals surface area contributed by atoms with Crippen molar-refractivity contribution in [3.05, 3.63) is 54.3 Å². The maximum absolute atomic E-state index is 5.70. The van der Waals surface area contributed by atoms with Gasteiger partial charge in [-0.15, -0.1) is 5.10 Å². The lowest BCUT2D eigenvalue weighted by atomic mass is 10.2. The van der Waals surface area contributed by atoms with Crippen LogP contribution in [0.25, 0.3) is 10.2 Å². The second-order valence-electron chi connectivity index (χ2n) is 3.86. The van der Waals surface area contributed by atoms with Gasteiger partial charge in [0.25, 0.3) is 0 Å². The third-order valence-corrected chi connectivity index (χ3v) is 3.44. The molecule has 0 aliphatic carbocycles. The summed E-state index contributed by atoms with van der Waals surface area (Å²) in [4.78, 5) is 0. The third-order valence-electron chi connectivity index (χ3n) is 2.75. The van der Waals surface area contributed by atoms with E-state index in [4.69, 9.17) is 9.47 Å². The van der Waals surface area contributed by atoms with E-state index in [-0.39, 0.29) is 0 Å². The van der Waals surface area contributed by atoms with Crippen molar-refractivity contribution in [2.45, 2.75) is 0 Å². The van der Waals surface area contributed by atoms with Gasteiger partial charge in [-0.2, -0.15) is 0 Å². The Morgan fingerprint density at radius 2 is 1.67 bits per heavy atom. The van der Waals surface area contributed by atoms with Crippen molar-refractivity contribution < 1.29 is 9.47 Å². The predicted octanol–water partition coefficient (Wildman–Crippen LogP) is 3.00. The Kier molecular flexibility index (Phi) is 2.01. The van der Waals surface area contributed by atoms with Crippen LogP contribution in [0.3, 0.4) is 0 Å². The van der Waals surface area contributed by atoms with Crippen LogP contribution in [0.2, 0.25) is 0 Å². The summed E-state index contributed by atoms with van der Waals surface area (Å²) in [5.74, 6) is 1.46. The van der Waals surface area contributed by atoms with Gasteiger partial charge in [0, 0.05) is 0 Å². The fourth-order valence-electron chi connectivity index (χ4n) is 1.92. The number of nitrogens with zero attached hydrogens (tertiary/aromatic N) is 2. The van der Waals surface area contributed by atoms with E-state index in [1.165, 1.54) is 11.5 Å². The van der Waals surface area contributed by atoms with Crippen molar-refractivity contribution in [1.82, 2.24) is 9.59 Å². The highest BCUT2D eigenvalue weighted by atomic mass is 32.1. The molecule has 0 atom stereocenters. The molecular formula is C13H7N2O2S. The second-order valence-corrected chi connectivity index (χ2v) is 4.65. The minimum Gasteiger partial charge on any atom is -0.438 e. The highest BCUT2D eigenvalue weighted by Gasteiger charge is 2.30. The predicted molar refractivity (Wildman–Crippen MR) is 67.5 cm³/mol. The lowest BCUT2D eigenvalue weighted by Crippen LogP contribution is -2.09. The Hall–Kier alpha value is -2.14. The lowest BCUT2D eigenvalue weighted by molar-refractivity contribution is 0.205. The quantitative estimate of drug-likeness (QED) is 0.670. The molecule has 0 bridgehead atoms.